The zero-order chi connectivity index (χ0) is 13.4. The zero-order valence-electron chi connectivity index (χ0n) is 10.5. The van der Waals surface area contributed by atoms with Gasteiger partial charge in [-0.2, -0.15) is 0 Å². The highest BCUT2D eigenvalue weighted by molar-refractivity contribution is 5.90. The van der Waals surface area contributed by atoms with Crippen LogP contribution in [0.2, 0.25) is 0 Å². The Balaban J connectivity index is 2.21. The molecule has 0 amide bonds. The maximum atomic E-state index is 9.52. The van der Waals surface area contributed by atoms with Gasteiger partial charge < -0.3 is 15.8 Å². The Hall–Kier alpha value is -2.40. The fraction of sp³-hybridized carbons (Fsp3) is 0.143. The number of hydrogen-bond donors (Lipinski definition) is 3. The summed E-state index contributed by atoms with van der Waals surface area (Å²) in [5.74, 6) is 0.238. The first-order valence-corrected chi connectivity index (χ1v) is 6.01. The van der Waals surface area contributed by atoms with E-state index in [9.17, 15) is 5.11 Å². The Labute approximate surface area is 110 Å². The lowest BCUT2D eigenvalue weighted by molar-refractivity contribution is 0.476. The molecule has 0 aliphatic carbocycles. The van der Waals surface area contributed by atoms with Crippen molar-refractivity contribution in [2.75, 3.05) is 0 Å². The number of fused-ring (bicyclic) bond motifs is 1. The largest absolute Gasteiger partial charge is 0.508 e. The summed E-state index contributed by atoms with van der Waals surface area (Å²) >= 11 is 0. The smallest absolute Gasteiger partial charge is 0.117 e. The van der Waals surface area contributed by atoms with E-state index in [2.05, 4.69) is 15.0 Å². The summed E-state index contributed by atoms with van der Waals surface area (Å²) in [6.07, 6.45) is 3.37. The standard InChI is InChI=1S/C14H14N4O/c1-8-11-3-2-10(19)4-12(11)18-14(8)13-7-16-6-9(5-15)17-13/h2-4,6-7,18-19H,5,15H2,1H3. The highest BCUT2D eigenvalue weighted by atomic mass is 16.3. The Morgan fingerprint density at radius 2 is 2.16 bits per heavy atom. The Bertz CT molecular complexity index is 748. The van der Waals surface area contributed by atoms with Gasteiger partial charge in [-0.1, -0.05) is 0 Å². The monoisotopic (exact) mass is 254 g/mol. The van der Waals surface area contributed by atoms with Gasteiger partial charge in [0.1, 0.15) is 11.4 Å². The molecule has 1 aromatic carbocycles. The van der Waals surface area contributed by atoms with Crippen molar-refractivity contribution in [3.8, 4) is 17.1 Å². The maximum Gasteiger partial charge on any atom is 0.117 e. The molecule has 0 spiro atoms. The van der Waals surface area contributed by atoms with E-state index >= 15 is 0 Å². The summed E-state index contributed by atoms with van der Waals surface area (Å²) in [6, 6.07) is 5.27. The van der Waals surface area contributed by atoms with E-state index in [1.54, 1.807) is 24.5 Å². The number of aromatic nitrogens is 3. The lowest BCUT2D eigenvalue weighted by atomic mass is 10.1. The van der Waals surface area contributed by atoms with Crippen molar-refractivity contribution in [2.24, 2.45) is 5.73 Å². The molecule has 0 aliphatic rings. The molecule has 0 bridgehead atoms. The van der Waals surface area contributed by atoms with Gasteiger partial charge in [-0.3, -0.25) is 4.98 Å². The van der Waals surface area contributed by atoms with Crippen LogP contribution < -0.4 is 5.73 Å². The molecule has 5 heteroatoms. The van der Waals surface area contributed by atoms with Crippen LogP contribution in [0.5, 0.6) is 5.75 Å². The minimum absolute atomic E-state index is 0.238. The second-order valence-corrected chi connectivity index (χ2v) is 4.45. The Morgan fingerprint density at radius 1 is 1.32 bits per heavy atom. The lowest BCUT2D eigenvalue weighted by Gasteiger charge is -2.01. The third kappa shape index (κ3) is 1.94. The van der Waals surface area contributed by atoms with E-state index in [-0.39, 0.29) is 5.75 Å². The number of phenolic OH excluding ortho intramolecular Hbond substituents is 1. The molecule has 96 valence electrons. The minimum Gasteiger partial charge on any atom is -0.508 e. The van der Waals surface area contributed by atoms with Crippen LogP contribution in [-0.4, -0.2) is 20.1 Å². The van der Waals surface area contributed by atoms with Crippen LogP contribution in [0, 0.1) is 6.92 Å². The van der Waals surface area contributed by atoms with Gasteiger partial charge in [0.25, 0.3) is 0 Å². The number of hydrogen-bond acceptors (Lipinski definition) is 4. The molecule has 0 saturated heterocycles. The molecular weight excluding hydrogens is 240 g/mol. The molecule has 2 aromatic heterocycles. The first-order chi connectivity index (χ1) is 9.19. The van der Waals surface area contributed by atoms with Crippen LogP contribution in [0.3, 0.4) is 0 Å². The van der Waals surface area contributed by atoms with Gasteiger partial charge in [-0.05, 0) is 24.6 Å². The molecule has 0 aliphatic heterocycles. The summed E-state index contributed by atoms with van der Waals surface area (Å²) in [4.78, 5) is 11.9. The first kappa shape index (κ1) is 11.7. The van der Waals surface area contributed by atoms with Crippen molar-refractivity contribution in [1.82, 2.24) is 15.0 Å². The van der Waals surface area contributed by atoms with Gasteiger partial charge in [0.2, 0.25) is 0 Å². The topological polar surface area (TPSA) is 87.8 Å². The first-order valence-electron chi connectivity index (χ1n) is 6.01. The normalized spacial score (nSPS) is 11.1. The number of rotatable bonds is 2. The van der Waals surface area contributed by atoms with Gasteiger partial charge in [-0.15, -0.1) is 0 Å². The second kappa shape index (κ2) is 4.37. The molecule has 3 rings (SSSR count). The van der Waals surface area contributed by atoms with Crippen molar-refractivity contribution >= 4 is 10.9 Å². The number of aromatic hydroxyl groups is 1. The molecule has 2 heterocycles. The van der Waals surface area contributed by atoms with Crippen LogP contribution in [-0.2, 0) is 6.54 Å². The van der Waals surface area contributed by atoms with Crippen LogP contribution in [0.4, 0.5) is 0 Å². The number of H-pyrrole nitrogens is 1. The molecule has 0 unspecified atom stereocenters. The van der Waals surface area contributed by atoms with Crippen molar-refractivity contribution in [1.29, 1.82) is 0 Å². The predicted octanol–water partition coefficient (Wildman–Crippen LogP) is 2.10. The molecular formula is C14H14N4O. The van der Waals surface area contributed by atoms with Crippen LogP contribution in [0.25, 0.3) is 22.3 Å². The maximum absolute atomic E-state index is 9.52. The third-order valence-corrected chi connectivity index (χ3v) is 3.19. The second-order valence-electron chi connectivity index (χ2n) is 4.45. The van der Waals surface area contributed by atoms with E-state index in [0.717, 1.165) is 33.5 Å². The quantitative estimate of drug-likeness (QED) is 0.653. The molecule has 19 heavy (non-hydrogen) atoms. The molecule has 0 atom stereocenters. The van der Waals surface area contributed by atoms with Crippen LogP contribution in [0.15, 0.2) is 30.6 Å². The van der Waals surface area contributed by atoms with Gasteiger partial charge >= 0.3 is 0 Å². The zero-order valence-corrected chi connectivity index (χ0v) is 10.5. The van der Waals surface area contributed by atoms with Gasteiger partial charge in [0.05, 0.1) is 17.6 Å². The summed E-state index contributed by atoms with van der Waals surface area (Å²) < 4.78 is 0. The van der Waals surface area contributed by atoms with Crippen LogP contribution in [0.1, 0.15) is 11.3 Å². The van der Waals surface area contributed by atoms with E-state index in [1.807, 2.05) is 13.0 Å². The number of phenols is 1. The molecule has 5 nitrogen and oxygen atoms in total. The Kier molecular flexibility index (Phi) is 2.68. The van der Waals surface area contributed by atoms with E-state index in [0.29, 0.717) is 6.54 Å². The number of aryl methyl sites for hydroxylation is 1. The van der Waals surface area contributed by atoms with Gasteiger partial charge in [0.15, 0.2) is 0 Å². The van der Waals surface area contributed by atoms with Crippen molar-refractivity contribution in [3.05, 3.63) is 41.9 Å². The van der Waals surface area contributed by atoms with Gasteiger partial charge in [-0.25, -0.2) is 4.98 Å². The van der Waals surface area contributed by atoms with E-state index in [4.69, 9.17) is 5.73 Å². The SMILES string of the molecule is Cc1c(-c2cncc(CN)n2)[nH]c2cc(O)ccc12. The summed E-state index contributed by atoms with van der Waals surface area (Å²) in [5, 5.41) is 10.6. The number of aromatic amines is 1. The average Bonchev–Trinajstić information content (AvgIpc) is 2.75. The molecule has 3 aromatic rings. The number of nitrogens with two attached hydrogens (primary N) is 1. The van der Waals surface area contributed by atoms with Gasteiger partial charge in [0, 0.05) is 29.7 Å². The van der Waals surface area contributed by atoms with Crippen molar-refractivity contribution in [3.63, 3.8) is 0 Å². The summed E-state index contributed by atoms with van der Waals surface area (Å²) in [5.41, 5.74) is 9.96. The van der Waals surface area contributed by atoms with E-state index in [1.165, 1.54) is 0 Å². The van der Waals surface area contributed by atoms with Crippen LogP contribution >= 0.6 is 0 Å². The predicted molar refractivity (Wildman–Crippen MR) is 73.6 cm³/mol. The highest BCUT2D eigenvalue weighted by Crippen LogP contribution is 2.30. The number of benzene rings is 1. The fourth-order valence-electron chi connectivity index (χ4n) is 2.21. The average molecular weight is 254 g/mol. The third-order valence-electron chi connectivity index (χ3n) is 3.19. The summed E-state index contributed by atoms with van der Waals surface area (Å²) in [7, 11) is 0. The molecule has 0 saturated carbocycles. The highest BCUT2D eigenvalue weighted by Gasteiger charge is 2.11. The summed E-state index contributed by atoms with van der Waals surface area (Å²) in [6.45, 7) is 2.38. The molecule has 0 fully saturated rings. The van der Waals surface area contributed by atoms with E-state index < -0.39 is 0 Å². The fourth-order valence-corrected chi connectivity index (χ4v) is 2.21. The molecule has 0 radical (unpaired) electrons. The lowest BCUT2D eigenvalue weighted by Crippen LogP contribution is -2.01. The minimum atomic E-state index is 0.238. The van der Waals surface area contributed by atoms with Crippen molar-refractivity contribution in [2.45, 2.75) is 13.5 Å². The number of nitrogens with zero attached hydrogens (tertiary/aromatic N) is 2. The molecule has 4 N–H and O–H groups in total. The van der Waals surface area contributed by atoms with Crippen molar-refractivity contribution < 1.29 is 5.11 Å². The number of nitrogens with one attached hydrogen (secondary N) is 1. The Morgan fingerprint density at radius 3 is 2.95 bits per heavy atom.